The van der Waals surface area contributed by atoms with E-state index in [2.05, 4.69) is 0 Å². The fourth-order valence-electron chi connectivity index (χ4n) is 1.88. The molecule has 0 spiro atoms. The number of nitrogens with zero attached hydrogens (tertiary/aromatic N) is 2. The van der Waals surface area contributed by atoms with Crippen LogP contribution in [0.1, 0.15) is 6.42 Å². The maximum atomic E-state index is 12.0. The van der Waals surface area contributed by atoms with E-state index in [1.54, 1.807) is 0 Å². The van der Waals surface area contributed by atoms with Gasteiger partial charge in [0.2, 0.25) is 0 Å². The highest BCUT2D eigenvalue weighted by Crippen LogP contribution is 2.19. The molecule has 19 heavy (non-hydrogen) atoms. The number of hydrogen-bond acceptors (Lipinski definition) is 5. The number of likely N-dealkylation sites (tertiary alicyclic amines) is 1. The molecule has 0 bridgehead atoms. The van der Waals surface area contributed by atoms with E-state index in [1.165, 1.54) is 7.05 Å². The number of aliphatic hydroxyl groups is 1. The summed E-state index contributed by atoms with van der Waals surface area (Å²) in [5.74, 6) is -1.37. The zero-order valence-electron chi connectivity index (χ0n) is 10.8. The van der Waals surface area contributed by atoms with Gasteiger partial charge in [-0.3, -0.25) is 0 Å². The lowest BCUT2D eigenvalue weighted by atomic mass is 10.2. The van der Waals surface area contributed by atoms with E-state index in [4.69, 9.17) is 5.11 Å². The number of carboxylic acid groups (broad SMARTS) is 1. The zero-order chi connectivity index (χ0) is 14.8. The van der Waals surface area contributed by atoms with Gasteiger partial charge in [-0.15, -0.1) is 0 Å². The van der Waals surface area contributed by atoms with Gasteiger partial charge in [0.25, 0.3) is 0 Å². The van der Waals surface area contributed by atoms with Crippen molar-refractivity contribution in [3.05, 3.63) is 0 Å². The molecule has 1 aliphatic rings. The predicted octanol–water partition coefficient (Wildman–Crippen LogP) is -1.40. The molecule has 1 fully saturated rings. The van der Waals surface area contributed by atoms with Gasteiger partial charge < -0.3 is 20.0 Å². The summed E-state index contributed by atoms with van der Waals surface area (Å²) in [7, 11) is -1.80. The average molecular weight is 294 g/mol. The molecular weight excluding hydrogens is 276 g/mol. The Morgan fingerprint density at radius 1 is 1.42 bits per heavy atom. The zero-order valence-corrected chi connectivity index (χ0v) is 11.6. The summed E-state index contributed by atoms with van der Waals surface area (Å²) in [4.78, 5) is 25.2. The Hall–Kier alpha value is -1.35. The lowest BCUT2D eigenvalue weighted by Gasteiger charge is -2.27. The Bertz CT molecular complexity index is 463. The van der Waals surface area contributed by atoms with Crippen LogP contribution >= 0.6 is 0 Å². The number of aliphatic hydroxyl groups excluding tert-OH is 1. The van der Waals surface area contributed by atoms with Crippen LogP contribution in [0.4, 0.5) is 4.79 Å². The lowest BCUT2D eigenvalue weighted by molar-refractivity contribution is -0.141. The van der Waals surface area contributed by atoms with Gasteiger partial charge in [-0.1, -0.05) is 0 Å². The third-order valence-corrected chi connectivity index (χ3v) is 3.86. The van der Waals surface area contributed by atoms with E-state index in [1.807, 2.05) is 0 Å². The Balaban J connectivity index is 2.68. The van der Waals surface area contributed by atoms with E-state index in [-0.39, 0.29) is 25.3 Å². The molecule has 0 saturated carbocycles. The van der Waals surface area contributed by atoms with Crippen LogP contribution in [-0.4, -0.2) is 84.7 Å². The summed E-state index contributed by atoms with van der Waals surface area (Å²) in [6.45, 7) is -0.0738. The average Bonchev–Trinajstić information content (AvgIpc) is 2.66. The molecule has 2 unspecified atom stereocenters. The number of aliphatic carboxylic acids is 1. The van der Waals surface area contributed by atoms with Crippen molar-refractivity contribution in [3.8, 4) is 0 Å². The van der Waals surface area contributed by atoms with Crippen molar-refractivity contribution < 1.29 is 28.2 Å². The Morgan fingerprint density at radius 2 is 2.00 bits per heavy atom. The minimum atomic E-state index is -3.19. The topological polar surface area (TPSA) is 115 Å². The molecular formula is C10H18N2O6S. The molecule has 0 aromatic heterocycles. The van der Waals surface area contributed by atoms with Gasteiger partial charge in [-0.05, 0) is 0 Å². The number of amides is 2. The number of sulfone groups is 1. The van der Waals surface area contributed by atoms with Crippen molar-refractivity contribution in [1.29, 1.82) is 0 Å². The van der Waals surface area contributed by atoms with E-state index in [9.17, 15) is 23.1 Å². The van der Waals surface area contributed by atoms with Crippen molar-refractivity contribution in [2.24, 2.45) is 0 Å². The molecule has 8 nitrogen and oxygen atoms in total. The lowest BCUT2D eigenvalue weighted by Crippen LogP contribution is -2.47. The fraction of sp³-hybridized carbons (Fsp3) is 0.800. The van der Waals surface area contributed by atoms with Crippen LogP contribution in [0.2, 0.25) is 0 Å². The van der Waals surface area contributed by atoms with Gasteiger partial charge in [0.15, 0.2) is 0 Å². The molecule has 2 amide bonds. The number of urea groups is 1. The van der Waals surface area contributed by atoms with Gasteiger partial charge in [0.1, 0.15) is 15.9 Å². The molecule has 2 N–H and O–H groups in total. The molecule has 9 heteroatoms. The van der Waals surface area contributed by atoms with Gasteiger partial charge in [-0.2, -0.15) is 0 Å². The third kappa shape index (κ3) is 4.35. The Labute approximate surface area is 111 Å². The summed E-state index contributed by atoms with van der Waals surface area (Å²) in [6, 6.07) is -1.66. The minimum absolute atomic E-state index is 0.0129. The first-order valence-electron chi connectivity index (χ1n) is 5.72. The van der Waals surface area contributed by atoms with Crippen LogP contribution < -0.4 is 0 Å². The number of rotatable bonds is 4. The van der Waals surface area contributed by atoms with Crippen LogP contribution in [-0.2, 0) is 14.6 Å². The molecule has 0 aromatic rings. The second-order valence-corrected chi connectivity index (χ2v) is 6.99. The van der Waals surface area contributed by atoms with Crippen molar-refractivity contribution in [2.75, 3.05) is 32.1 Å². The molecule has 0 aliphatic carbocycles. The molecule has 1 heterocycles. The molecule has 1 rings (SSSR count). The highest BCUT2D eigenvalue weighted by Gasteiger charge is 2.40. The smallest absolute Gasteiger partial charge is 0.326 e. The summed E-state index contributed by atoms with van der Waals surface area (Å²) in [5.41, 5.74) is 0. The van der Waals surface area contributed by atoms with E-state index >= 15 is 0 Å². The van der Waals surface area contributed by atoms with Crippen molar-refractivity contribution in [2.45, 2.75) is 18.6 Å². The van der Waals surface area contributed by atoms with Crippen LogP contribution in [0, 0.1) is 0 Å². The highest BCUT2D eigenvalue weighted by atomic mass is 32.2. The molecule has 1 aliphatic heterocycles. The number of carbonyl (C=O) groups is 2. The highest BCUT2D eigenvalue weighted by molar-refractivity contribution is 7.90. The summed E-state index contributed by atoms with van der Waals surface area (Å²) in [5, 5.41) is 18.4. The Kier molecular flexibility index (Phi) is 4.75. The van der Waals surface area contributed by atoms with Gasteiger partial charge in [0.05, 0.1) is 11.9 Å². The SMILES string of the molecule is CN(CCS(C)(=O)=O)C(=O)N1CC(O)CC1C(=O)O. The predicted molar refractivity (Wildman–Crippen MR) is 66.5 cm³/mol. The molecule has 110 valence electrons. The van der Waals surface area contributed by atoms with Gasteiger partial charge in [0, 0.05) is 32.8 Å². The number of carboxylic acids is 1. The number of β-amino-alcohol motifs (C(OH)–C–C–N with tert-alkyl or cyclic N) is 1. The molecule has 1 saturated heterocycles. The van der Waals surface area contributed by atoms with Crippen LogP contribution in [0.5, 0.6) is 0 Å². The van der Waals surface area contributed by atoms with Crippen LogP contribution in [0.15, 0.2) is 0 Å². The summed E-state index contributed by atoms with van der Waals surface area (Å²) >= 11 is 0. The Morgan fingerprint density at radius 3 is 2.47 bits per heavy atom. The normalized spacial score (nSPS) is 23.4. The minimum Gasteiger partial charge on any atom is -0.480 e. The third-order valence-electron chi connectivity index (χ3n) is 2.93. The first kappa shape index (κ1) is 15.7. The summed E-state index contributed by atoms with van der Waals surface area (Å²) < 4.78 is 22.0. The maximum absolute atomic E-state index is 12.0. The second-order valence-electron chi connectivity index (χ2n) is 4.73. The summed E-state index contributed by atoms with van der Waals surface area (Å²) in [6.07, 6.45) is 0.180. The quantitative estimate of drug-likeness (QED) is 0.659. The van der Waals surface area contributed by atoms with E-state index < -0.39 is 34.0 Å². The van der Waals surface area contributed by atoms with Crippen molar-refractivity contribution >= 4 is 21.8 Å². The second kappa shape index (κ2) is 5.74. The van der Waals surface area contributed by atoms with Gasteiger partial charge >= 0.3 is 12.0 Å². The molecule has 2 atom stereocenters. The fourth-order valence-corrected chi connectivity index (χ4v) is 2.48. The first-order chi connectivity index (χ1) is 8.61. The maximum Gasteiger partial charge on any atom is 0.326 e. The number of hydrogen-bond donors (Lipinski definition) is 2. The van der Waals surface area contributed by atoms with E-state index in [0.29, 0.717) is 0 Å². The van der Waals surface area contributed by atoms with Crippen LogP contribution in [0.25, 0.3) is 0 Å². The van der Waals surface area contributed by atoms with Crippen molar-refractivity contribution in [1.82, 2.24) is 9.80 Å². The van der Waals surface area contributed by atoms with Gasteiger partial charge in [-0.25, -0.2) is 18.0 Å². The van der Waals surface area contributed by atoms with Crippen LogP contribution in [0.3, 0.4) is 0 Å². The largest absolute Gasteiger partial charge is 0.480 e. The van der Waals surface area contributed by atoms with Crippen molar-refractivity contribution in [3.63, 3.8) is 0 Å². The number of carbonyl (C=O) groups excluding carboxylic acids is 1. The van der Waals surface area contributed by atoms with E-state index in [0.717, 1.165) is 16.1 Å². The molecule has 0 radical (unpaired) electrons. The monoisotopic (exact) mass is 294 g/mol. The molecule has 0 aromatic carbocycles. The standard InChI is InChI=1S/C10H18N2O6S/c1-11(3-4-19(2,17)18)10(16)12-6-7(13)5-8(12)9(14)15/h7-8,13H,3-6H2,1-2H3,(H,14,15). The first-order valence-corrected chi connectivity index (χ1v) is 7.78.